The van der Waals surface area contributed by atoms with Crippen molar-refractivity contribution in [1.29, 1.82) is 0 Å². The molecule has 0 unspecified atom stereocenters. The summed E-state index contributed by atoms with van der Waals surface area (Å²) >= 11 is 0. The predicted molar refractivity (Wildman–Crippen MR) is 259 cm³/mol. The molecule has 0 saturated heterocycles. The van der Waals surface area contributed by atoms with Crippen LogP contribution in [0, 0.1) is 24.9 Å². The molecule has 5 aromatic carbocycles. The van der Waals surface area contributed by atoms with Crippen LogP contribution < -0.4 is 5.19 Å². The van der Waals surface area contributed by atoms with Gasteiger partial charge in [-0.3, -0.25) is 4.98 Å². The third-order valence-electron chi connectivity index (χ3n) is 10.9. The van der Waals surface area contributed by atoms with Crippen LogP contribution in [0.15, 0.2) is 132 Å². The number of hydrogen-bond acceptors (Lipinski definition) is 4. The van der Waals surface area contributed by atoms with Crippen molar-refractivity contribution in [3.8, 4) is 39.5 Å². The van der Waals surface area contributed by atoms with E-state index >= 15 is 0 Å². The summed E-state index contributed by atoms with van der Waals surface area (Å²) in [6.07, 6.45) is 0.115. The first kappa shape index (κ1) is 38.2. The summed E-state index contributed by atoms with van der Waals surface area (Å²) < 4.78 is 50.1. The number of nitrogens with zero attached hydrogens (tertiary/aromatic N) is 4. The smallest absolute Gasteiger partial charge is 0.216 e. The van der Waals surface area contributed by atoms with Crippen molar-refractivity contribution < 1.29 is 31.4 Å². The Hall–Kier alpha value is -5.46. The average molecular weight is 1010 g/mol. The molecule has 0 aliphatic carbocycles. The molecule has 0 fully saturated rings. The first-order valence-electron chi connectivity index (χ1n) is 23.7. The number of fused-ring (bicyclic) bond motifs is 4. The zero-order valence-corrected chi connectivity index (χ0v) is 40.3. The molecule has 9 aromatic rings. The first-order chi connectivity index (χ1) is 31.3. The van der Waals surface area contributed by atoms with Crippen molar-refractivity contribution in [2.45, 2.75) is 86.2 Å². The Labute approximate surface area is 389 Å². The fourth-order valence-corrected chi connectivity index (χ4v) is 9.92. The number of imidazole rings is 1. The molecule has 1 radical (unpaired) electrons. The molecule has 62 heavy (non-hydrogen) atoms. The van der Waals surface area contributed by atoms with E-state index in [1.165, 1.54) is 27.9 Å². The van der Waals surface area contributed by atoms with Gasteiger partial charge in [-0.05, 0) is 101 Å². The van der Waals surface area contributed by atoms with Gasteiger partial charge in [-0.25, -0.2) is 4.98 Å². The third kappa shape index (κ3) is 8.90. The summed E-state index contributed by atoms with van der Waals surface area (Å²) in [5.41, 5.74) is 12.1. The average Bonchev–Trinajstić information content (AvgIpc) is 3.87. The molecule has 0 saturated carbocycles. The predicted octanol–water partition coefficient (Wildman–Crippen LogP) is 14.3. The van der Waals surface area contributed by atoms with E-state index < -0.39 is 21.3 Å². The van der Waals surface area contributed by atoms with Crippen LogP contribution >= 0.6 is 0 Å². The number of para-hydroxylation sites is 2. The van der Waals surface area contributed by atoms with Crippen LogP contribution in [0.5, 0.6) is 0 Å². The number of hydrogen-bond donors (Lipinski definition) is 0. The zero-order valence-electron chi connectivity index (χ0n) is 41.9. The van der Waals surface area contributed by atoms with E-state index in [1.807, 2.05) is 76.0 Å². The number of benzene rings is 5. The Balaban J connectivity index is 0.000000216. The van der Waals surface area contributed by atoms with E-state index in [9.17, 15) is 0 Å². The molecule has 0 atom stereocenters. The largest absolute Gasteiger partial charge is 0.486 e. The van der Waals surface area contributed by atoms with Crippen LogP contribution in [-0.2, 0) is 26.5 Å². The van der Waals surface area contributed by atoms with Crippen LogP contribution in [0.4, 0.5) is 0 Å². The Morgan fingerprint density at radius 1 is 0.742 bits per heavy atom. The van der Waals surface area contributed by atoms with E-state index in [-0.39, 0.29) is 31.7 Å². The zero-order chi connectivity index (χ0) is 47.3. The van der Waals surface area contributed by atoms with Gasteiger partial charge in [0.15, 0.2) is 0 Å². The molecular formula is C55H56IrN4OSi-2. The van der Waals surface area contributed by atoms with Crippen LogP contribution in [0.3, 0.4) is 0 Å². The van der Waals surface area contributed by atoms with Gasteiger partial charge in [0.05, 0.1) is 30.5 Å². The first-order valence-corrected chi connectivity index (χ1v) is 24.7. The van der Waals surface area contributed by atoms with E-state index in [0.29, 0.717) is 39.6 Å². The molecule has 5 nitrogen and oxygen atoms in total. The van der Waals surface area contributed by atoms with Crippen LogP contribution in [0.2, 0.25) is 19.6 Å². The number of aromatic nitrogens is 4. The maximum atomic E-state index is 8.67. The van der Waals surface area contributed by atoms with Gasteiger partial charge in [0, 0.05) is 49.9 Å². The monoisotopic (exact) mass is 1010 g/mol. The van der Waals surface area contributed by atoms with Crippen molar-refractivity contribution in [2.75, 3.05) is 0 Å². The topological polar surface area (TPSA) is 56.7 Å². The number of rotatable bonds is 9. The van der Waals surface area contributed by atoms with Gasteiger partial charge in [0.25, 0.3) is 0 Å². The second-order valence-electron chi connectivity index (χ2n) is 17.6. The molecule has 9 rings (SSSR count). The SMILES string of the molecule is CC(C)c1cc(-c2ccccc2)cc(C(C)C)c1-n1c(-c2[c-]ccc3c2oc2ncccc23)nc2ccccc21.[2H]C([2H])([2H])c1nc(-c2[c-]cccc2)cc(C([2H])([2H])C(C)C)c1[Si](C)(C)C.[Ir]. The fraction of sp³-hybridized carbons (Fsp3) is 0.255. The molecule has 317 valence electrons. The van der Waals surface area contributed by atoms with Gasteiger partial charge in [0.2, 0.25) is 5.71 Å². The van der Waals surface area contributed by atoms with Gasteiger partial charge >= 0.3 is 0 Å². The van der Waals surface area contributed by atoms with E-state index in [1.54, 1.807) is 18.3 Å². The van der Waals surface area contributed by atoms with Gasteiger partial charge in [0.1, 0.15) is 0 Å². The minimum absolute atomic E-state index is 0. The van der Waals surface area contributed by atoms with Gasteiger partial charge in [-0.15, -0.1) is 54.1 Å². The fourth-order valence-electron chi connectivity index (χ4n) is 8.20. The third-order valence-corrected chi connectivity index (χ3v) is 12.9. The van der Waals surface area contributed by atoms with Gasteiger partial charge in [-0.2, -0.15) is 0 Å². The molecule has 0 spiro atoms. The number of aryl methyl sites for hydroxylation is 1. The van der Waals surface area contributed by atoms with Crippen molar-refractivity contribution in [3.63, 3.8) is 0 Å². The van der Waals surface area contributed by atoms with E-state index in [2.05, 4.69) is 121 Å². The van der Waals surface area contributed by atoms with E-state index in [0.717, 1.165) is 38.8 Å². The Kier molecular flexibility index (Phi) is 11.4. The standard InChI is InChI=1S/C36H30N3O.C19H26NSi.Ir/c1-22(2)29-20-25(24-12-6-5-7-13-24)21-30(23(3)4)33(29)39-32-18-9-8-17-31(32)38-35(39)28-15-10-14-26-27-16-11-19-37-36(27)40-34(26)28;1-14(2)12-17-13-18(16-10-8-7-9-11-16)20-15(3)19(17)21(4,5)6;/h5-14,16-23H,1-4H3;7-10,13-14H,12H2,1-6H3;/q2*-1;/i;3D3,12D2;. The van der Waals surface area contributed by atoms with Crippen molar-refractivity contribution in [3.05, 3.63) is 162 Å². The summed E-state index contributed by atoms with van der Waals surface area (Å²) in [5, 5.41) is 2.62. The van der Waals surface area contributed by atoms with Crippen molar-refractivity contribution >= 4 is 46.4 Å². The molecular weight excluding hydrogens is 953 g/mol. The molecule has 0 amide bonds. The molecule has 4 aromatic heterocycles. The molecule has 0 bridgehead atoms. The van der Waals surface area contributed by atoms with Gasteiger partial charge < -0.3 is 14.0 Å². The summed E-state index contributed by atoms with van der Waals surface area (Å²) in [6.45, 7) is 16.4. The molecule has 7 heteroatoms. The van der Waals surface area contributed by atoms with Crippen molar-refractivity contribution in [2.24, 2.45) is 5.92 Å². The quantitative estimate of drug-likeness (QED) is 0.107. The van der Waals surface area contributed by atoms with Crippen LogP contribution in [-0.4, -0.2) is 27.6 Å². The maximum absolute atomic E-state index is 8.67. The minimum Gasteiger partial charge on any atom is -0.486 e. The Morgan fingerprint density at radius 3 is 2.11 bits per heavy atom. The molecule has 4 heterocycles. The Morgan fingerprint density at radius 2 is 1.45 bits per heavy atom. The molecule has 0 aliphatic rings. The second kappa shape index (κ2) is 18.5. The summed E-state index contributed by atoms with van der Waals surface area (Å²) in [5.74, 6) is 1.11. The van der Waals surface area contributed by atoms with Gasteiger partial charge in [-0.1, -0.05) is 126 Å². The normalized spacial score (nSPS) is 13.4. The maximum Gasteiger partial charge on any atom is 0.216 e. The van der Waals surface area contributed by atoms with Crippen molar-refractivity contribution in [1.82, 2.24) is 19.5 Å². The van der Waals surface area contributed by atoms with Crippen LogP contribution in [0.1, 0.15) is 82.6 Å². The molecule has 0 N–H and O–H groups in total. The Bertz CT molecular complexity index is 3160. The van der Waals surface area contributed by atoms with E-state index in [4.69, 9.17) is 16.3 Å². The number of furan rings is 1. The summed E-state index contributed by atoms with van der Waals surface area (Å²) in [7, 11) is -2.18. The molecule has 0 aliphatic heterocycles. The summed E-state index contributed by atoms with van der Waals surface area (Å²) in [6, 6.07) is 47.3. The number of pyridine rings is 2. The second-order valence-corrected chi connectivity index (χ2v) is 22.6. The van der Waals surface area contributed by atoms with Crippen LogP contribution in [0.25, 0.3) is 72.6 Å². The minimum atomic E-state index is -2.40. The summed E-state index contributed by atoms with van der Waals surface area (Å²) in [4.78, 5) is 14.2.